The Kier molecular flexibility index (Phi) is 7.09. The van der Waals surface area contributed by atoms with Crippen LogP contribution in [0.5, 0.6) is 5.75 Å². The largest absolute Gasteiger partial charge is 0.494 e. The van der Waals surface area contributed by atoms with Crippen LogP contribution in [0.4, 0.5) is 0 Å². The van der Waals surface area contributed by atoms with Crippen LogP contribution < -0.4 is 10.5 Å². The number of benzene rings is 1. The second kappa shape index (κ2) is 8.59. The van der Waals surface area contributed by atoms with E-state index >= 15 is 0 Å². The standard InChI is InChI=1S/C16H25NO3/c1-4-19-16(18)15(17)11-13-6-5-7-14(10-13)20-9-8-12(2)3/h5-7,10,12,15H,4,8-9,11,17H2,1-3H3. The molecule has 4 nitrogen and oxygen atoms in total. The summed E-state index contributed by atoms with van der Waals surface area (Å²) >= 11 is 0. The lowest BCUT2D eigenvalue weighted by Crippen LogP contribution is -2.34. The van der Waals surface area contributed by atoms with Crippen LogP contribution in [-0.4, -0.2) is 25.2 Å². The minimum atomic E-state index is -0.624. The third-order valence-electron chi connectivity index (χ3n) is 2.91. The van der Waals surface area contributed by atoms with Gasteiger partial charge in [-0.1, -0.05) is 26.0 Å². The van der Waals surface area contributed by atoms with Gasteiger partial charge in [-0.3, -0.25) is 4.79 Å². The molecule has 1 aromatic rings. The molecule has 1 unspecified atom stereocenters. The fraction of sp³-hybridized carbons (Fsp3) is 0.562. The van der Waals surface area contributed by atoms with Crippen LogP contribution in [0.3, 0.4) is 0 Å². The highest BCUT2D eigenvalue weighted by atomic mass is 16.5. The number of carbonyl (C=O) groups excluding carboxylic acids is 1. The van der Waals surface area contributed by atoms with Crippen LogP contribution >= 0.6 is 0 Å². The van der Waals surface area contributed by atoms with Crippen LogP contribution in [-0.2, 0) is 16.0 Å². The second-order valence-corrected chi connectivity index (χ2v) is 5.24. The first-order chi connectivity index (χ1) is 9.52. The van der Waals surface area contributed by atoms with Gasteiger partial charge in [-0.25, -0.2) is 0 Å². The Morgan fingerprint density at radius 1 is 1.35 bits per heavy atom. The Hall–Kier alpha value is -1.55. The molecule has 0 aliphatic heterocycles. The van der Waals surface area contributed by atoms with E-state index < -0.39 is 6.04 Å². The molecular formula is C16H25NO3. The molecule has 20 heavy (non-hydrogen) atoms. The van der Waals surface area contributed by atoms with Gasteiger partial charge in [-0.2, -0.15) is 0 Å². The highest BCUT2D eigenvalue weighted by Crippen LogP contribution is 2.15. The van der Waals surface area contributed by atoms with E-state index in [0.29, 0.717) is 25.6 Å². The van der Waals surface area contributed by atoms with E-state index in [-0.39, 0.29) is 5.97 Å². The summed E-state index contributed by atoms with van der Waals surface area (Å²) in [7, 11) is 0. The van der Waals surface area contributed by atoms with Gasteiger partial charge in [-0.15, -0.1) is 0 Å². The zero-order chi connectivity index (χ0) is 15.0. The molecule has 0 fully saturated rings. The van der Waals surface area contributed by atoms with E-state index in [1.54, 1.807) is 6.92 Å². The lowest BCUT2D eigenvalue weighted by molar-refractivity contribution is -0.144. The van der Waals surface area contributed by atoms with Gasteiger partial charge in [0, 0.05) is 0 Å². The fourth-order valence-electron chi connectivity index (χ4n) is 1.76. The third-order valence-corrected chi connectivity index (χ3v) is 2.91. The molecule has 4 heteroatoms. The zero-order valence-corrected chi connectivity index (χ0v) is 12.6. The molecule has 1 aromatic carbocycles. The van der Waals surface area contributed by atoms with Crippen molar-refractivity contribution in [2.75, 3.05) is 13.2 Å². The van der Waals surface area contributed by atoms with Crippen molar-refractivity contribution in [3.05, 3.63) is 29.8 Å². The molecule has 0 spiro atoms. The molecule has 0 radical (unpaired) electrons. The maximum Gasteiger partial charge on any atom is 0.323 e. The van der Waals surface area contributed by atoms with Gasteiger partial charge in [0.2, 0.25) is 0 Å². The topological polar surface area (TPSA) is 61.5 Å². The van der Waals surface area contributed by atoms with Gasteiger partial charge >= 0.3 is 5.97 Å². The van der Waals surface area contributed by atoms with Gasteiger partial charge in [-0.05, 0) is 43.4 Å². The Bertz CT molecular complexity index is 418. The molecule has 0 saturated carbocycles. The summed E-state index contributed by atoms with van der Waals surface area (Å²) in [4.78, 5) is 11.5. The molecule has 0 bridgehead atoms. The van der Waals surface area contributed by atoms with Crippen LogP contribution in [0, 0.1) is 5.92 Å². The van der Waals surface area contributed by atoms with E-state index in [2.05, 4.69) is 13.8 Å². The average molecular weight is 279 g/mol. The summed E-state index contributed by atoms with van der Waals surface area (Å²) < 4.78 is 10.6. The molecule has 0 saturated heterocycles. The maximum absolute atomic E-state index is 11.5. The number of hydrogen-bond donors (Lipinski definition) is 1. The lowest BCUT2D eigenvalue weighted by atomic mass is 10.1. The molecule has 112 valence electrons. The number of ether oxygens (including phenoxy) is 2. The summed E-state index contributed by atoms with van der Waals surface area (Å²) in [5.41, 5.74) is 6.79. The molecule has 1 rings (SSSR count). The summed E-state index contributed by atoms with van der Waals surface area (Å²) in [6, 6.07) is 7.08. The zero-order valence-electron chi connectivity index (χ0n) is 12.6. The Morgan fingerprint density at radius 2 is 2.10 bits per heavy atom. The monoisotopic (exact) mass is 279 g/mol. The third kappa shape index (κ3) is 6.06. The molecule has 2 N–H and O–H groups in total. The molecular weight excluding hydrogens is 254 g/mol. The average Bonchev–Trinajstić information content (AvgIpc) is 2.39. The van der Waals surface area contributed by atoms with Crippen molar-refractivity contribution in [3.8, 4) is 5.75 Å². The number of esters is 1. The second-order valence-electron chi connectivity index (χ2n) is 5.24. The van der Waals surface area contributed by atoms with Gasteiger partial charge in [0.1, 0.15) is 11.8 Å². The molecule has 0 aliphatic carbocycles. The SMILES string of the molecule is CCOC(=O)C(N)Cc1cccc(OCCC(C)C)c1. The summed E-state index contributed by atoms with van der Waals surface area (Å²) in [6.07, 6.45) is 1.48. The Morgan fingerprint density at radius 3 is 2.75 bits per heavy atom. The van der Waals surface area contributed by atoms with E-state index in [9.17, 15) is 4.79 Å². The number of nitrogens with two attached hydrogens (primary N) is 1. The van der Waals surface area contributed by atoms with E-state index in [4.69, 9.17) is 15.2 Å². The van der Waals surface area contributed by atoms with Crippen molar-refractivity contribution in [3.63, 3.8) is 0 Å². The smallest absolute Gasteiger partial charge is 0.323 e. The quantitative estimate of drug-likeness (QED) is 0.743. The fourth-order valence-corrected chi connectivity index (χ4v) is 1.76. The van der Waals surface area contributed by atoms with E-state index in [1.807, 2.05) is 24.3 Å². The van der Waals surface area contributed by atoms with Crippen molar-refractivity contribution in [2.24, 2.45) is 11.7 Å². The first-order valence-electron chi connectivity index (χ1n) is 7.16. The van der Waals surface area contributed by atoms with Gasteiger partial charge in [0.05, 0.1) is 13.2 Å². The van der Waals surface area contributed by atoms with Crippen molar-refractivity contribution >= 4 is 5.97 Å². The summed E-state index contributed by atoms with van der Waals surface area (Å²) in [6.45, 7) is 7.15. The molecule has 0 heterocycles. The van der Waals surface area contributed by atoms with Crippen molar-refractivity contribution in [2.45, 2.75) is 39.7 Å². The van der Waals surface area contributed by atoms with Crippen molar-refractivity contribution in [1.29, 1.82) is 0 Å². The molecule has 0 aromatic heterocycles. The first-order valence-corrected chi connectivity index (χ1v) is 7.16. The van der Waals surface area contributed by atoms with Crippen molar-refractivity contribution < 1.29 is 14.3 Å². The normalized spacial score (nSPS) is 12.2. The highest BCUT2D eigenvalue weighted by Gasteiger charge is 2.15. The highest BCUT2D eigenvalue weighted by molar-refractivity contribution is 5.75. The van der Waals surface area contributed by atoms with Crippen LogP contribution in [0.1, 0.15) is 32.8 Å². The lowest BCUT2D eigenvalue weighted by Gasteiger charge is -2.12. The predicted molar refractivity (Wildman–Crippen MR) is 79.7 cm³/mol. The van der Waals surface area contributed by atoms with E-state index in [1.165, 1.54) is 0 Å². The van der Waals surface area contributed by atoms with Crippen LogP contribution in [0.2, 0.25) is 0 Å². The maximum atomic E-state index is 11.5. The number of carbonyl (C=O) groups is 1. The van der Waals surface area contributed by atoms with Gasteiger partial charge < -0.3 is 15.2 Å². The number of hydrogen-bond acceptors (Lipinski definition) is 4. The Labute approximate surface area is 121 Å². The number of rotatable bonds is 8. The minimum absolute atomic E-state index is 0.352. The van der Waals surface area contributed by atoms with E-state index in [0.717, 1.165) is 17.7 Å². The first kappa shape index (κ1) is 16.5. The van der Waals surface area contributed by atoms with Crippen LogP contribution in [0.15, 0.2) is 24.3 Å². The molecule has 1 atom stereocenters. The molecule has 0 amide bonds. The minimum Gasteiger partial charge on any atom is -0.494 e. The van der Waals surface area contributed by atoms with Crippen molar-refractivity contribution in [1.82, 2.24) is 0 Å². The summed E-state index contributed by atoms with van der Waals surface area (Å²) in [5, 5.41) is 0. The summed E-state index contributed by atoms with van der Waals surface area (Å²) in [5.74, 6) is 1.08. The van der Waals surface area contributed by atoms with Gasteiger partial charge in [0.15, 0.2) is 0 Å². The Balaban J connectivity index is 2.52. The van der Waals surface area contributed by atoms with Gasteiger partial charge in [0.25, 0.3) is 0 Å². The molecule has 0 aliphatic rings. The van der Waals surface area contributed by atoms with Crippen LogP contribution in [0.25, 0.3) is 0 Å². The predicted octanol–water partition coefficient (Wildman–Crippen LogP) is 2.54.